The lowest BCUT2D eigenvalue weighted by Gasteiger charge is -2.07. The Hall–Kier alpha value is -3.59. The molecular weight excluding hydrogens is 374 g/mol. The molecule has 8 nitrogen and oxygen atoms in total. The van der Waals surface area contributed by atoms with Gasteiger partial charge in [-0.25, -0.2) is 19.7 Å². The van der Waals surface area contributed by atoms with Gasteiger partial charge in [0, 0.05) is 48.5 Å². The van der Waals surface area contributed by atoms with Gasteiger partial charge in [0.2, 0.25) is 0 Å². The molecule has 0 atom stereocenters. The third-order valence-electron chi connectivity index (χ3n) is 4.02. The number of rotatable bonds is 5. The van der Waals surface area contributed by atoms with Crippen molar-refractivity contribution in [3.05, 3.63) is 72.0 Å². The second kappa shape index (κ2) is 7.97. The van der Waals surface area contributed by atoms with E-state index >= 15 is 0 Å². The third-order valence-corrected chi connectivity index (χ3v) is 4.77. The summed E-state index contributed by atoms with van der Waals surface area (Å²) in [6.45, 7) is 2.28. The molecule has 0 bridgehead atoms. The number of pyridine rings is 2. The number of nitrogens with zero attached hydrogens (tertiary/aromatic N) is 5. The van der Waals surface area contributed by atoms with Gasteiger partial charge < -0.3 is 5.32 Å². The minimum absolute atomic E-state index is 0.318. The Labute approximate surface area is 165 Å². The summed E-state index contributed by atoms with van der Waals surface area (Å²) in [5.74, 6) is 1.65. The Morgan fingerprint density at radius 1 is 1.18 bits per heavy atom. The molecule has 9 heteroatoms. The highest BCUT2D eigenvalue weighted by Crippen LogP contribution is 2.23. The van der Waals surface area contributed by atoms with E-state index in [-0.39, 0.29) is 6.03 Å². The molecule has 0 fully saturated rings. The number of anilines is 1. The fourth-order valence-corrected chi connectivity index (χ4v) is 3.30. The number of thiazole rings is 1. The first-order chi connectivity index (χ1) is 13.7. The maximum atomic E-state index is 12.1. The van der Waals surface area contributed by atoms with Gasteiger partial charge in [0.1, 0.15) is 11.6 Å². The van der Waals surface area contributed by atoms with Gasteiger partial charge in [-0.15, -0.1) is 11.3 Å². The van der Waals surface area contributed by atoms with E-state index in [2.05, 4.69) is 30.6 Å². The van der Waals surface area contributed by atoms with Gasteiger partial charge in [-0.3, -0.25) is 14.9 Å². The molecule has 4 rings (SSSR count). The van der Waals surface area contributed by atoms with Crippen molar-refractivity contribution in [2.75, 3.05) is 5.32 Å². The predicted octanol–water partition coefficient (Wildman–Crippen LogP) is 3.42. The monoisotopic (exact) mass is 391 g/mol. The van der Waals surface area contributed by atoms with E-state index in [0.29, 0.717) is 11.7 Å². The summed E-state index contributed by atoms with van der Waals surface area (Å²) in [6.07, 6.45) is 8.77. The Morgan fingerprint density at radius 3 is 2.82 bits per heavy atom. The number of nitrogens with one attached hydrogen (secondary N) is 2. The topological polar surface area (TPSA) is 97.6 Å². The molecular formula is C19H17N7OS. The highest BCUT2D eigenvalue weighted by Gasteiger charge is 2.08. The van der Waals surface area contributed by atoms with E-state index < -0.39 is 0 Å². The zero-order valence-corrected chi connectivity index (χ0v) is 15.8. The molecule has 0 radical (unpaired) electrons. The first kappa shape index (κ1) is 17.8. The number of carbonyl (C=O) groups excluding carboxylic acids is 1. The van der Waals surface area contributed by atoms with Crippen molar-refractivity contribution in [3.8, 4) is 17.1 Å². The highest BCUT2D eigenvalue weighted by molar-refractivity contribution is 7.14. The van der Waals surface area contributed by atoms with Crippen molar-refractivity contribution in [2.45, 2.75) is 13.5 Å². The van der Waals surface area contributed by atoms with Gasteiger partial charge in [0.05, 0.1) is 5.69 Å². The van der Waals surface area contributed by atoms with Crippen LogP contribution < -0.4 is 10.6 Å². The Kier molecular flexibility index (Phi) is 5.07. The number of aromatic nitrogens is 5. The summed E-state index contributed by atoms with van der Waals surface area (Å²) >= 11 is 1.36. The molecule has 2 N–H and O–H groups in total. The molecule has 0 aliphatic heterocycles. The second-order valence-electron chi connectivity index (χ2n) is 5.96. The minimum atomic E-state index is -0.318. The number of amides is 2. The summed E-state index contributed by atoms with van der Waals surface area (Å²) in [5, 5.41) is 7.97. The average molecular weight is 391 g/mol. The normalized spacial score (nSPS) is 10.6. The molecule has 0 saturated heterocycles. The molecule has 140 valence electrons. The Morgan fingerprint density at radius 2 is 2.11 bits per heavy atom. The summed E-state index contributed by atoms with van der Waals surface area (Å²) in [7, 11) is 0. The van der Waals surface area contributed by atoms with Crippen LogP contribution in [0.15, 0.2) is 60.6 Å². The largest absolute Gasteiger partial charge is 0.334 e. The summed E-state index contributed by atoms with van der Waals surface area (Å²) in [4.78, 5) is 29.2. The summed E-state index contributed by atoms with van der Waals surface area (Å²) < 4.78 is 1.90. The van der Waals surface area contributed by atoms with Crippen LogP contribution in [0.25, 0.3) is 17.1 Å². The van der Waals surface area contributed by atoms with Crippen molar-refractivity contribution >= 4 is 22.5 Å². The van der Waals surface area contributed by atoms with Crippen LogP contribution in [0.4, 0.5) is 9.93 Å². The number of aryl methyl sites for hydroxylation is 1. The van der Waals surface area contributed by atoms with Gasteiger partial charge >= 0.3 is 6.03 Å². The third kappa shape index (κ3) is 4.04. The molecule has 0 saturated carbocycles. The van der Waals surface area contributed by atoms with Crippen molar-refractivity contribution in [1.82, 2.24) is 29.8 Å². The first-order valence-electron chi connectivity index (χ1n) is 8.55. The Bertz CT molecular complexity index is 1070. The molecule has 4 aromatic rings. The number of imidazole rings is 1. The van der Waals surface area contributed by atoms with Crippen LogP contribution in [0, 0.1) is 6.92 Å². The zero-order chi connectivity index (χ0) is 19.3. The van der Waals surface area contributed by atoms with E-state index in [1.54, 1.807) is 24.8 Å². The van der Waals surface area contributed by atoms with E-state index in [1.165, 1.54) is 11.3 Å². The lowest BCUT2D eigenvalue weighted by Crippen LogP contribution is -2.28. The van der Waals surface area contributed by atoms with Crippen molar-refractivity contribution in [2.24, 2.45) is 0 Å². The standard InChI is InChI=1S/C19H17N7OS/c1-13-21-7-8-26(13)17-5-4-14(9-22-17)10-23-18(27)25-19-24-16(12-28-19)15-3-2-6-20-11-15/h2-9,11-12H,10H2,1H3,(H2,23,24,25,27). The van der Waals surface area contributed by atoms with Crippen LogP contribution >= 0.6 is 11.3 Å². The van der Waals surface area contributed by atoms with Gasteiger partial charge in [0.25, 0.3) is 0 Å². The van der Waals surface area contributed by atoms with Gasteiger partial charge in [-0.2, -0.15) is 0 Å². The van der Waals surface area contributed by atoms with Crippen LogP contribution in [0.3, 0.4) is 0 Å². The maximum Gasteiger partial charge on any atom is 0.321 e. The van der Waals surface area contributed by atoms with Crippen molar-refractivity contribution in [1.29, 1.82) is 0 Å². The Balaban J connectivity index is 1.32. The van der Waals surface area contributed by atoms with Crippen LogP contribution in [0.2, 0.25) is 0 Å². The maximum absolute atomic E-state index is 12.1. The fourth-order valence-electron chi connectivity index (χ4n) is 2.59. The van der Waals surface area contributed by atoms with Crippen LogP contribution in [0.1, 0.15) is 11.4 Å². The fraction of sp³-hybridized carbons (Fsp3) is 0.105. The van der Waals surface area contributed by atoms with Gasteiger partial charge in [0.15, 0.2) is 5.13 Å². The smallest absolute Gasteiger partial charge is 0.321 e. The molecule has 0 spiro atoms. The number of urea groups is 1. The van der Waals surface area contributed by atoms with E-state index in [0.717, 1.165) is 28.5 Å². The molecule has 0 aliphatic rings. The highest BCUT2D eigenvalue weighted by atomic mass is 32.1. The van der Waals surface area contributed by atoms with Crippen LogP contribution in [-0.4, -0.2) is 30.5 Å². The molecule has 4 heterocycles. The lowest BCUT2D eigenvalue weighted by molar-refractivity contribution is 0.251. The minimum Gasteiger partial charge on any atom is -0.334 e. The molecule has 4 aromatic heterocycles. The SMILES string of the molecule is Cc1nccn1-c1ccc(CNC(=O)Nc2nc(-c3cccnc3)cs2)cn1. The summed E-state index contributed by atoms with van der Waals surface area (Å²) in [6, 6.07) is 7.27. The predicted molar refractivity (Wildman–Crippen MR) is 107 cm³/mol. The zero-order valence-electron chi connectivity index (χ0n) is 15.0. The van der Waals surface area contributed by atoms with E-state index in [4.69, 9.17) is 0 Å². The molecule has 0 aromatic carbocycles. The van der Waals surface area contributed by atoms with E-state index in [1.807, 2.05) is 47.3 Å². The van der Waals surface area contributed by atoms with Crippen molar-refractivity contribution in [3.63, 3.8) is 0 Å². The second-order valence-corrected chi connectivity index (χ2v) is 6.81. The molecule has 0 unspecified atom stereocenters. The first-order valence-corrected chi connectivity index (χ1v) is 9.43. The molecule has 2 amide bonds. The number of hydrogen-bond acceptors (Lipinski definition) is 6. The average Bonchev–Trinajstić information content (AvgIpc) is 3.36. The van der Waals surface area contributed by atoms with Gasteiger partial charge in [-0.1, -0.05) is 6.07 Å². The number of carbonyl (C=O) groups is 1. The van der Waals surface area contributed by atoms with Crippen LogP contribution in [0.5, 0.6) is 0 Å². The number of hydrogen-bond donors (Lipinski definition) is 2. The summed E-state index contributed by atoms with van der Waals surface area (Å²) in [5.41, 5.74) is 2.58. The quantitative estimate of drug-likeness (QED) is 0.543. The lowest BCUT2D eigenvalue weighted by atomic mass is 10.2. The van der Waals surface area contributed by atoms with E-state index in [9.17, 15) is 4.79 Å². The molecule has 0 aliphatic carbocycles. The van der Waals surface area contributed by atoms with Crippen LogP contribution in [-0.2, 0) is 6.54 Å². The molecule has 28 heavy (non-hydrogen) atoms. The van der Waals surface area contributed by atoms with Gasteiger partial charge in [-0.05, 0) is 30.7 Å². The van der Waals surface area contributed by atoms with Crippen molar-refractivity contribution < 1.29 is 4.79 Å².